The summed E-state index contributed by atoms with van der Waals surface area (Å²) in [6.45, 7) is 8.98. The lowest BCUT2D eigenvalue weighted by atomic mass is 9.76. The van der Waals surface area contributed by atoms with Crippen molar-refractivity contribution < 1.29 is 9.31 Å². The highest BCUT2D eigenvalue weighted by molar-refractivity contribution is 6.56. The molecular formula is C19H26BN3O2. The maximum Gasteiger partial charge on any atom is 0.491 e. The Bertz CT molecular complexity index is 738. The van der Waals surface area contributed by atoms with Gasteiger partial charge in [0.25, 0.3) is 0 Å². The molecule has 1 aliphatic heterocycles. The first kappa shape index (κ1) is 17.9. The molecule has 1 aromatic heterocycles. The number of aromatic nitrogens is 2. The van der Waals surface area contributed by atoms with Crippen LogP contribution in [-0.4, -0.2) is 42.1 Å². The number of hydrogen-bond acceptors (Lipinski definition) is 4. The van der Waals surface area contributed by atoms with Crippen LogP contribution in [-0.2, 0) is 9.31 Å². The zero-order valence-electron chi connectivity index (χ0n) is 15.6. The van der Waals surface area contributed by atoms with Crippen LogP contribution in [0, 0.1) is 0 Å². The van der Waals surface area contributed by atoms with Gasteiger partial charge in [-0.2, -0.15) is 5.10 Å². The summed E-state index contributed by atoms with van der Waals surface area (Å²) in [5, 5.41) is 10.3. The fraction of sp³-hybridized carbons (Fsp3) is 0.421. The molecule has 0 bridgehead atoms. The molecule has 1 aromatic carbocycles. The molecule has 6 heteroatoms. The first-order valence-electron chi connectivity index (χ1n) is 8.63. The van der Waals surface area contributed by atoms with Crippen molar-refractivity contribution in [1.82, 2.24) is 15.5 Å². The van der Waals surface area contributed by atoms with Crippen molar-refractivity contribution >= 4 is 13.2 Å². The van der Waals surface area contributed by atoms with Gasteiger partial charge in [-0.3, -0.25) is 5.10 Å². The summed E-state index contributed by atoms with van der Waals surface area (Å²) in [6, 6.07) is 10.2. The number of aromatic amines is 1. The van der Waals surface area contributed by atoms with E-state index < -0.39 is 0 Å². The van der Waals surface area contributed by atoms with E-state index in [1.54, 1.807) is 6.20 Å². The Kier molecular flexibility index (Phi) is 4.87. The minimum absolute atomic E-state index is 0.354. The summed E-state index contributed by atoms with van der Waals surface area (Å²) < 4.78 is 12.5. The Balaban J connectivity index is 1.98. The number of likely N-dealkylation sites (N-methyl/N-ethyl adjacent to an activating group) is 1. The van der Waals surface area contributed by atoms with Crippen molar-refractivity contribution in [2.24, 2.45) is 0 Å². The fourth-order valence-electron chi connectivity index (χ4n) is 2.87. The molecule has 0 radical (unpaired) electrons. The van der Waals surface area contributed by atoms with Crippen molar-refractivity contribution in [3.63, 3.8) is 0 Å². The fourth-order valence-corrected chi connectivity index (χ4v) is 2.87. The minimum Gasteiger partial charge on any atom is -0.400 e. The second-order valence-corrected chi connectivity index (χ2v) is 7.40. The van der Waals surface area contributed by atoms with Gasteiger partial charge in [-0.15, -0.1) is 0 Å². The number of benzene rings is 1. The first-order chi connectivity index (χ1) is 11.8. The molecule has 2 heterocycles. The summed E-state index contributed by atoms with van der Waals surface area (Å²) in [7, 11) is 1.56. The van der Waals surface area contributed by atoms with Crippen LogP contribution in [0.5, 0.6) is 0 Å². The van der Waals surface area contributed by atoms with E-state index in [1.165, 1.54) is 0 Å². The SMILES string of the molecule is CNCC(=Cc1ccccc1-c1ccn[nH]1)B1OC(C)(C)C(C)(C)O1. The molecule has 1 saturated heterocycles. The average molecular weight is 339 g/mol. The van der Waals surface area contributed by atoms with Gasteiger partial charge in [0.05, 0.1) is 16.9 Å². The third-order valence-corrected chi connectivity index (χ3v) is 5.03. The van der Waals surface area contributed by atoms with Crippen LogP contribution in [0.2, 0.25) is 0 Å². The molecule has 0 saturated carbocycles. The lowest BCUT2D eigenvalue weighted by Gasteiger charge is -2.32. The number of nitrogens with one attached hydrogen (secondary N) is 2. The molecule has 0 spiro atoms. The van der Waals surface area contributed by atoms with Crippen LogP contribution in [0.3, 0.4) is 0 Å². The number of H-pyrrole nitrogens is 1. The molecule has 1 aliphatic rings. The predicted octanol–water partition coefficient (Wildman–Crippen LogP) is 3.31. The second kappa shape index (κ2) is 6.79. The lowest BCUT2D eigenvalue weighted by Crippen LogP contribution is -2.41. The zero-order chi connectivity index (χ0) is 18.1. The maximum absolute atomic E-state index is 6.23. The summed E-state index contributed by atoms with van der Waals surface area (Å²) in [6.07, 6.45) is 3.91. The number of nitrogens with zero attached hydrogens (tertiary/aromatic N) is 1. The van der Waals surface area contributed by atoms with Crippen LogP contribution in [0.15, 0.2) is 42.0 Å². The highest BCUT2D eigenvalue weighted by atomic mass is 16.7. The molecule has 1 fully saturated rings. The second-order valence-electron chi connectivity index (χ2n) is 7.40. The molecule has 2 N–H and O–H groups in total. The molecule has 132 valence electrons. The van der Waals surface area contributed by atoms with Crippen LogP contribution in [0.25, 0.3) is 17.3 Å². The molecule has 0 unspecified atom stereocenters. The van der Waals surface area contributed by atoms with E-state index in [9.17, 15) is 0 Å². The van der Waals surface area contributed by atoms with E-state index >= 15 is 0 Å². The molecule has 25 heavy (non-hydrogen) atoms. The summed E-state index contributed by atoms with van der Waals surface area (Å²) >= 11 is 0. The monoisotopic (exact) mass is 339 g/mol. The Labute approximate surface area is 150 Å². The van der Waals surface area contributed by atoms with Gasteiger partial charge in [-0.1, -0.05) is 30.3 Å². The predicted molar refractivity (Wildman–Crippen MR) is 102 cm³/mol. The topological polar surface area (TPSA) is 59.2 Å². The molecular weight excluding hydrogens is 313 g/mol. The third-order valence-electron chi connectivity index (χ3n) is 5.03. The molecule has 0 aliphatic carbocycles. The van der Waals surface area contributed by atoms with Crippen LogP contribution < -0.4 is 5.32 Å². The summed E-state index contributed by atoms with van der Waals surface area (Å²) in [5.74, 6) is 0. The highest BCUT2D eigenvalue weighted by Crippen LogP contribution is 2.39. The van der Waals surface area contributed by atoms with Gasteiger partial charge in [0, 0.05) is 18.3 Å². The van der Waals surface area contributed by atoms with Gasteiger partial charge in [-0.25, -0.2) is 0 Å². The van der Waals surface area contributed by atoms with Crippen molar-refractivity contribution in [1.29, 1.82) is 0 Å². The van der Waals surface area contributed by atoms with Gasteiger partial charge in [0.15, 0.2) is 0 Å². The molecule has 0 amide bonds. The normalized spacial score (nSPS) is 19.4. The van der Waals surface area contributed by atoms with Gasteiger partial charge >= 0.3 is 7.12 Å². The van der Waals surface area contributed by atoms with E-state index in [0.717, 1.165) is 22.3 Å². The van der Waals surface area contributed by atoms with Crippen molar-refractivity contribution in [3.05, 3.63) is 47.6 Å². The molecule has 5 nitrogen and oxygen atoms in total. The van der Waals surface area contributed by atoms with Gasteiger partial charge in [0.1, 0.15) is 0 Å². The van der Waals surface area contributed by atoms with Gasteiger partial charge in [0.2, 0.25) is 0 Å². The Morgan fingerprint density at radius 3 is 2.44 bits per heavy atom. The van der Waals surface area contributed by atoms with Crippen molar-refractivity contribution in [2.45, 2.75) is 38.9 Å². The van der Waals surface area contributed by atoms with E-state index in [2.05, 4.69) is 61.4 Å². The van der Waals surface area contributed by atoms with Crippen LogP contribution >= 0.6 is 0 Å². The Morgan fingerprint density at radius 1 is 1.16 bits per heavy atom. The van der Waals surface area contributed by atoms with Crippen LogP contribution in [0.1, 0.15) is 33.3 Å². The summed E-state index contributed by atoms with van der Waals surface area (Å²) in [4.78, 5) is 0. The van der Waals surface area contributed by atoms with E-state index in [-0.39, 0.29) is 18.3 Å². The van der Waals surface area contributed by atoms with Crippen LogP contribution in [0.4, 0.5) is 0 Å². The summed E-state index contributed by atoms with van der Waals surface area (Å²) in [5.41, 5.74) is 3.55. The van der Waals surface area contributed by atoms with Gasteiger partial charge < -0.3 is 14.6 Å². The average Bonchev–Trinajstić information content (AvgIpc) is 3.14. The van der Waals surface area contributed by atoms with Gasteiger partial charge in [-0.05, 0) is 51.8 Å². The standard InChI is InChI=1S/C19H26BN3O2/c1-18(2)19(3,4)25-20(24-18)15(13-21-5)12-14-8-6-7-9-16(14)17-10-11-22-23-17/h6-12,21H,13H2,1-5H3,(H,22,23). The molecule has 0 atom stereocenters. The zero-order valence-corrected chi connectivity index (χ0v) is 15.6. The quantitative estimate of drug-likeness (QED) is 0.821. The Morgan fingerprint density at radius 2 is 1.84 bits per heavy atom. The number of hydrogen-bond donors (Lipinski definition) is 2. The van der Waals surface area contributed by atoms with Crippen molar-refractivity contribution in [2.75, 3.05) is 13.6 Å². The maximum atomic E-state index is 6.23. The van der Waals surface area contributed by atoms with E-state index in [4.69, 9.17) is 9.31 Å². The largest absolute Gasteiger partial charge is 0.491 e. The van der Waals surface area contributed by atoms with E-state index in [1.807, 2.05) is 25.2 Å². The smallest absolute Gasteiger partial charge is 0.400 e. The minimum atomic E-state index is -0.368. The molecule has 2 aromatic rings. The highest BCUT2D eigenvalue weighted by Gasteiger charge is 2.52. The third kappa shape index (κ3) is 3.56. The number of rotatable bonds is 5. The van der Waals surface area contributed by atoms with E-state index in [0.29, 0.717) is 6.54 Å². The molecule has 3 rings (SSSR count). The lowest BCUT2D eigenvalue weighted by molar-refractivity contribution is 0.00578. The van der Waals surface area contributed by atoms with Crippen molar-refractivity contribution in [3.8, 4) is 11.3 Å². The first-order valence-corrected chi connectivity index (χ1v) is 8.63. The Hall–Kier alpha value is -1.89.